The summed E-state index contributed by atoms with van der Waals surface area (Å²) >= 11 is 0. The van der Waals surface area contributed by atoms with Gasteiger partial charge < -0.3 is 9.15 Å². The molecule has 0 saturated heterocycles. The van der Waals surface area contributed by atoms with Crippen molar-refractivity contribution in [1.29, 1.82) is 0 Å². The number of furan rings is 1. The Labute approximate surface area is 171 Å². The van der Waals surface area contributed by atoms with Crippen LogP contribution in [0.5, 0.6) is 0 Å². The minimum Gasteiger partial charge on any atom is -0.478 e. The second-order valence-corrected chi connectivity index (χ2v) is 7.49. The lowest BCUT2D eigenvalue weighted by Crippen LogP contribution is -1.95. The third kappa shape index (κ3) is 3.52. The second-order valence-electron chi connectivity index (χ2n) is 7.49. The van der Waals surface area contributed by atoms with Crippen molar-refractivity contribution in [2.45, 2.75) is 25.9 Å². The minimum atomic E-state index is 0.106. The maximum absolute atomic E-state index is 6.17. The maximum Gasteiger partial charge on any atom is 0.162 e. The first-order valence-electron chi connectivity index (χ1n) is 10.1. The fourth-order valence-corrected chi connectivity index (χ4v) is 3.92. The van der Waals surface area contributed by atoms with Crippen LogP contribution in [-0.4, -0.2) is 6.10 Å². The molecule has 4 aliphatic rings. The van der Waals surface area contributed by atoms with Crippen LogP contribution in [0.15, 0.2) is 106 Å². The zero-order valence-corrected chi connectivity index (χ0v) is 16.4. The van der Waals surface area contributed by atoms with Gasteiger partial charge in [-0.1, -0.05) is 54.3 Å². The van der Waals surface area contributed by atoms with Gasteiger partial charge in [0.05, 0.1) is 6.26 Å². The van der Waals surface area contributed by atoms with Gasteiger partial charge in [0.1, 0.15) is 11.9 Å². The average Bonchev–Trinajstić information content (AvgIpc) is 3.25. The van der Waals surface area contributed by atoms with Gasteiger partial charge in [-0.25, -0.2) is 0 Å². The van der Waals surface area contributed by atoms with Crippen LogP contribution < -0.4 is 0 Å². The van der Waals surface area contributed by atoms with E-state index >= 15 is 0 Å². The molecule has 4 aliphatic carbocycles. The van der Waals surface area contributed by atoms with Crippen molar-refractivity contribution >= 4 is 11.1 Å². The van der Waals surface area contributed by atoms with Crippen LogP contribution in [0.1, 0.15) is 30.2 Å². The molecule has 2 heteroatoms. The second kappa shape index (κ2) is 7.53. The molecule has 1 saturated carbocycles. The van der Waals surface area contributed by atoms with Crippen molar-refractivity contribution in [1.82, 2.24) is 0 Å². The van der Waals surface area contributed by atoms with E-state index in [1.54, 1.807) is 0 Å². The first-order chi connectivity index (χ1) is 14.3. The normalized spacial score (nSPS) is 26.9. The average molecular weight is 378 g/mol. The van der Waals surface area contributed by atoms with Crippen molar-refractivity contribution in [2.24, 2.45) is 5.92 Å². The zero-order chi connectivity index (χ0) is 19.6. The molecule has 2 unspecified atom stereocenters. The van der Waals surface area contributed by atoms with Gasteiger partial charge in [-0.05, 0) is 54.4 Å². The lowest BCUT2D eigenvalue weighted by molar-refractivity contribution is 0.209. The number of hydrogen-bond donors (Lipinski definition) is 0. The molecule has 1 heterocycles. The van der Waals surface area contributed by atoms with Crippen molar-refractivity contribution in [3.63, 3.8) is 0 Å². The molecule has 1 aromatic heterocycles. The van der Waals surface area contributed by atoms with Crippen molar-refractivity contribution < 1.29 is 9.15 Å². The van der Waals surface area contributed by atoms with E-state index in [1.165, 1.54) is 22.3 Å². The highest BCUT2D eigenvalue weighted by molar-refractivity contribution is 5.86. The van der Waals surface area contributed by atoms with Crippen molar-refractivity contribution in [3.8, 4) is 0 Å². The fourth-order valence-electron chi connectivity index (χ4n) is 3.92. The monoisotopic (exact) mass is 378 g/mol. The molecule has 1 aromatic rings. The number of allylic oxidation sites excluding steroid dienone is 11. The van der Waals surface area contributed by atoms with E-state index < -0.39 is 0 Å². The molecule has 0 radical (unpaired) electrons. The Morgan fingerprint density at radius 2 is 2.07 bits per heavy atom. The molecule has 1 fully saturated rings. The predicted molar refractivity (Wildman–Crippen MR) is 117 cm³/mol. The Kier molecular flexibility index (Phi) is 4.58. The van der Waals surface area contributed by atoms with Gasteiger partial charge in [-0.2, -0.15) is 0 Å². The summed E-state index contributed by atoms with van der Waals surface area (Å²) in [5.74, 6) is 2.11. The molecular formula is C27H22O2. The minimum absolute atomic E-state index is 0.106. The Morgan fingerprint density at radius 1 is 1.10 bits per heavy atom. The third-order valence-electron chi connectivity index (χ3n) is 5.53. The summed E-state index contributed by atoms with van der Waals surface area (Å²) in [6.07, 6.45) is 28.7. The smallest absolute Gasteiger partial charge is 0.162 e. The summed E-state index contributed by atoms with van der Waals surface area (Å²) in [5.41, 5.74) is 12.4. The van der Waals surface area contributed by atoms with Gasteiger partial charge in [0.2, 0.25) is 0 Å². The largest absolute Gasteiger partial charge is 0.478 e. The van der Waals surface area contributed by atoms with E-state index in [0.717, 1.165) is 29.9 Å². The molecule has 142 valence electrons. The molecule has 2 atom stereocenters. The van der Waals surface area contributed by atoms with Crippen LogP contribution in [0, 0.1) is 5.92 Å². The maximum atomic E-state index is 6.17. The summed E-state index contributed by atoms with van der Waals surface area (Å²) in [4.78, 5) is 0. The van der Waals surface area contributed by atoms with Crippen molar-refractivity contribution in [2.75, 3.05) is 0 Å². The van der Waals surface area contributed by atoms with E-state index in [4.69, 9.17) is 9.15 Å². The van der Waals surface area contributed by atoms with Crippen LogP contribution >= 0.6 is 0 Å². The standard InChI is InChI=1S/C27H22O2/c1-19-10-6-5-9-13-25-26(19)24(18-28-25)20-14-16-22-23(17-15-20)27(22)29-21-11-7-3-2-4-8-12-21/h2-3,6-10,12,14-18,22,27H,4,13H2,1H3/b3-2?,12-8-,19-10-. The SMILES string of the molecule is C/C1=C/C=C=CCc2occ(C3=CC=C4C(C=C3)C4OC3=C=CC=CC/C=C\3)c21. The van der Waals surface area contributed by atoms with Crippen LogP contribution in [0.3, 0.4) is 0 Å². The molecule has 0 N–H and O–H groups in total. The van der Waals surface area contributed by atoms with Crippen LogP contribution in [-0.2, 0) is 11.2 Å². The summed E-state index contributed by atoms with van der Waals surface area (Å²) < 4.78 is 12.1. The highest BCUT2D eigenvalue weighted by Crippen LogP contribution is 2.46. The Bertz CT molecular complexity index is 1160. The van der Waals surface area contributed by atoms with Crippen LogP contribution in [0.4, 0.5) is 0 Å². The summed E-state index contributed by atoms with van der Waals surface area (Å²) in [7, 11) is 0. The van der Waals surface area contributed by atoms with Crippen molar-refractivity contribution in [3.05, 3.63) is 119 Å². The van der Waals surface area contributed by atoms with Gasteiger partial charge >= 0.3 is 0 Å². The number of rotatable bonds is 3. The number of ether oxygens (including phenoxy) is 1. The molecule has 5 rings (SSSR count). The molecule has 0 aliphatic heterocycles. The highest BCUT2D eigenvalue weighted by atomic mass is 16.5. The summed E-state index contributed by atoms with van der Waals surface area (Å²) in [6.45, 7) is 2.13. The van der Waals surface area contributed by atoms with Gasteiger partial charge in [-0.15, -0.1) is 5.73 Å². The molecule has 2 nitrogen and oxygen atoms in total. The molecule has 0 aromatic carbocycles. The number of hydrogen-bond acceptors (Lipinski definition) is 2. The van der Waals surface area contributed by atoms with E-state index in [2.05, 4.69) is 60.9 Å². The Morgan fingerprint density at radius 3 is 3.03 bits per heavy atom. The first-order valence-corrected chi connectivity index (χ1v) is 10.1. The number of fused-ring (bicyclic) bond motifs is 2. The molecule has 29 heavy (non-hydrogen) atoms. The van der Waals surface area contributed by atoms with Crippen LogP contribution in [0.2, 0.25) is 0 Å². The zero-order valence-electron chi connectivity index (χ0n) is 16.4. The Balaban J connectivity index is 1.40. The fraction of sp³-hybridized carbons (Fsp3) is 0.185. The topological polar surface area (TPSA) is 22.4 Å². The molecule has 0 amide bonds. The van der Waals surface area contributed by atoms with Gasteiger partial charge in [0.25, 0.3) is 0 Å². The Hall–Kier alpha value is -3.44. The van der Waals surface area contributed by atoms with Gasteiger partial charge in [0.15, 0.2) is 5.76 Å². The van der Waals surface area contributed by atoms with E-state index in [-0.39, 0.29) is 6.10 Å². The first kappa shape index (κ1) is 17.6. The summed E-state index contributed by atoms with van der Waals surface area (Å²) in [6, 6.07) is 0. The predicted octanol–water partition coefficient (Wildman–Crippen LogP) is 6.40. The lowest BCUT2D eigenvalue weighted by atomic mass is 9.95. The van der Waals surface area contributed by atoms with E-state index in [0.29, 0.717) is 5.92 Å². The van der Waals surface area contributed by atoms with Gasteiger partial charge in [-0.3, -0.25) is 0 Å². The highest BCUT2D eigenvalue weighted by Gasteiger charge is 2.45. The van der Waals surface area contributed by atoms with Crippen LogP contribution in [0.25, 0.3) is 11.1 Å². The molecule has 0 bridgehead atoms. The van der Waals surface area contributed by atoms with E-state index in [9.17, 15) is 0 Å². The van der Waals surface area contributed by atoms with E-state index in [1.807, 2.05) is 36.6 Å². The molecule has 0 spiro atoms. The quantitative estimate of drug-likeness (QED) is 0.568. The molecular weight excluding hydrogens is 356 g/mol. The summed E-state index contributed by atoms with van der Waals surface area (Å²) in [5, 5.41) is 0. The lowest BCUT2D eigenvalue weighted by Gasteiger charge is -2.07. The third-order valence-corrected chi connectivity index (χ3v) is 5.53. The van der Waals surface area contributed by atoms with Gasteiger partial charge in [0, 0.05) is 23.5 Å².